The van der Waals surface area contributed by atoms with Crippen LogP contribution in [0.2, 0.25) is 0 Å². The Kier molecular flexibility index (Phi) is 2.31. The summed E-state index contributed by atoms with van der Waals surface area (Å²) in [6.07, 6.45) is 0. The summed E-state index contributed by atoms with van der Waals surface area (Å²) in [6.45, 7) is 4.32. The first kappa shape index (κ1) is 7.85. The molecule has 0 saturated heterocycles. The van der Waals surface area contributed by atoms with Crippen LogP contribution >= 0.6 is 0 Å². The Balaban J connectivity index is 2.90. The fourth-order valence-corrected chi connectivity index (χ4v) is 0.661. The molecule has 0 aromatic heterocycles. The van der Waals surface area contributed by atoms with Crippen LogP contribution in [0.5, 0.6) is 5.75 Å². The number of ether oxygens (including phenoxy) is 1. The lowest BCUT2D eigenvalue weighted by Crippen LogP contribution is -1.90. The highest BCUT2D eigenvalue weighted by Crippen LogP contribution is 2.17. The average Bonchev–Trinajstić information content (AvgIpc) is 1.95. The third-order valence-corrected chi connectivity index (χ3v) is 1.10. The minimum atomic E-state index is -0.732. The molecule has 1 aromatic rings. The third-order valence-electron chi connectivity index (χ3n) is 1.10. The molecular formula is C8H6F2O. The molecule has 0 bridgehead atoms. The molecule has 11 heavy (non-hydrogen) atoms. The quantitative estimate of drug-likeness (QED) is 0.597. The molecule has 0 aliphatic heterocycles. The van der Waals surface area contributed by atoms with Crippen molar-refractivity contribution < 1.29 is 13.5 Å². The van der Waals surface area contributed by atoms with E-state index in [1.54, 1.807) is 0 Å². The van der Waals surface area contributed by atoms with E-state index in [0.29, 0.717) is 0 Å². The fraction of sp³-hybridized carbons (Fsp3) is 0. The molecule has 0 fully saturated rings. The lowest BCUT2D eigenvalue weighted by Gasteiger charge is -1.97. The van der Waals surface area contributed by atoms with Crippen LogP contribution in [0.4, 0.5) is 8.78 Å². The topological polar surface area (TPSA) is 9.23 Å². The van der Waals surface area contributed by atoms with E-state index in [-0.39, 0.29) is 5.75 Å². The first-order chi connectivity index (χ1) is 5.24. The summed E-state index contributed by atoms with van der Waals surface area (Å²) in [5.74, 6) is -1.38. The number of rotatable bonds is 2. The first-order valence-electron chi connectivity index (χ1n) is 2.96. The number of hydrogen-bond donors (Lipinski definition) is 0. The van der Waals surface area contributed by atoms with E-state index in [9.17, 15) is 8.78 Å². The van der Waals surface area contributed by atoms with Gasteiger partial charge in [0.15, 0.2) is 5.82 Å². The molecular weight excluding hydrogens is 150 g/mol. The van der Waals surface area contributed by atoms with Gasteiger partial charge in [0, 0.05) is 6.07 Å². The normalized spacial score (nSPS) is 9.36. The van der Waals surface area contributed by atoms with Crippen LogP contribution in [-0.2, 0) is 0 Å². The van der Waals surface area contributed by atoms with Gasteiger partial charge in [-0.05, 0) is 12.1 Å². The summed E-state index contributed by atoms with van der Waals surface area (Å²) in [4.78, 5) is 0. The highest BCUT2D eigenvalue weighted by molar-refractivity contribution is 5.25. The molecule has 0 atom stereocenters. The third kappa shape index (κ3) is 1.83. The zero-order chi connectivity index (χ0) is 8.27. The second-order valence-electron chi connectivity index (χ2n) is 1.86. The van der Waals surface area contributed by atoms with E-state index in [2.05, 4.69) is 11.7 Å². The zero-order valence-electron chi connectivity index (χ0n) is 5.68. The molecule has 0 aliphatic rings. The molecule has 0 aliphatic carbocycles. The van der Waals surface area contributed by atoms with Crippen LogP contribution in [0.25, 0.3) is 0 Å². The van der Waals surface area contributed by atoms with Crippen LogP contribution in [0.15, 0.2) is 18.2 Å². The van der Waals surface area contributed by atoms with Gasteiger partial charge in [0.05, 0.1) is 0 Å². The van der Waals surface area contributed by atoms with Gasteiger partial charge in [-0.2, -0.15) is 0 Å². The smallest absolute Gasteiger partial charge is 0.213 e. The maximum Gasteiger partial charge on any atom is 0.213 e. The van der Waals surface area contributed by atoms with E-state index < -0.39 is 11.6 Å². The molecule has 0 saturated carbocycles. The van der Waals surface area contributed by atoms with E-state index in [0.717, 1.165) is 18.7 Å². The second kappa shape index (κ2) is 3.23. The van der Waals surface area contributed by atoms with E-state index in [1.807, 2.05) is 0 Å². The lowest BCUT2D eigenvalue weighted by molar-refractivity contribution is 0.399. The lowest BCUT2D eigenvalue weighted by atomic mass is 10.3. The van der Waals surface area contributed by atoms with Crippen molar-refractivity contribution >= 4 is 0 Å². The van der Waals surface area contributed by atoms with Gasteiger partial charge in [0.1, 0.15) is 12.4 Å². The molecule has 1 rings (SSSR count). The van der Waals surface area contributed by atoms with E-state index in [1.165, 1.54) is 6.07 Å². The molecule has 0 N–H and O–H groups in total. The minimum absolute atomic E-state index is 0.0265. The van der Waals surface area contributed by atoms with Crippen molar-refractivity contribution in [3.8, 4) is 5.75 Å². The average molecular weight is 156 g/mol. The molecule has 3 heteroatoms. The molecule has 58 valence electrons. The Bertz CT molecular complexity index is 248. The number of halogens is 2. The van der Waals surface area contributed by atoms with Crippen molar-refractivity contribution in [2.45, 2.75) is 0 Å². The standard InChI is InChI=1S/C8H6F2O/c1-2-11-8-4-3-6(9)5-7(8)10/h2-5H,1H2. The van der Waals surface area contributed by atoms with Crippen LogP contribution in [0.1, 0.15) is 0 Å². The summed E-state index contributed by atoms with van der Waals surface area (Å²) >= 11 is 0. The second-order valence-corrected chi connectivity index (χ2v) is 1.86. The molecule has 0 spiro atoms. The fourth-order valence-electron chi connectivity index (χ4n) is 0.661. The van der Waals surface area contributed by atoms with E-state index in [4.69, 9.17) is 0 Å². The summed E-state index contributed by atoms with van der Waals surface area (Å²) in [7, 11) is 0. The minimum Gasteiger partial charge on any atom is -0.340 e. The van der Waals surface area contributed by atoms with Gasteiger partial charge in [-0.1, -0.05) is 0 Å². The Morgan fingerprint density at radius 2 is 2.09 bits per heavy atom. The molecule has 0 heterocycles. The monoisotopic (exact) mass is 156 g/mol. The van der Waals surface area contributed by atoms with Crippen molar-refractivity contribution in [2.24, 2.45) is 0 Å². The van der Waals surface area contributed by atoms with Crippen LogP contribution in [-0.4, -0.2) is 0 Å². The largest absolute Gasteiger partial charge is 0.340 e. The van der Waals surface area contributed by atoms with Crippen molar-refractivity contribution in [3.63, 3.8) is 0 Å². The zero-order valence-corrected chi connectivity index (χ0v) is 5.68. The highest BCUT2D eigenvalue weighted by atomic mass is 19.1. The number of benzene rings is 1. The maximum atomic E-state index is 12.6. The van der Waals surface area contributed by atoms with Crippen molar-refractivity contribution in [1.82, 2.24) is 0 Å². The Morgan fingerprint density at radius 3 is 2.64 bits per heavy atom. The summed E-state index contributed by atoms with van der Waals surface area (Å²) in [5, 5.41) is 0. The molecule has 0 amide bonds. The molecule has 1 nitrogen and oxygen atoms in total. The number of hydrogen-bond acceptors (Lipinski definition) is 1. The van der Waals surface area contributed by atoms with Gasteiger partial charge >= 0.3 is 0 Å². The molecule has 0 radical (unpaired) electrons. The summed E-state index contributed by atoms with van der Waals surface area (Å²) in [6, 6.07) is 3.06. The van der Waals surface area contributed by atoms with E-state index >= 15 is 0 Å². The van der Waals surface area contributed by atoms with Gasteiger partial charge < -0.3 is 4.74 Å². The summed E-state index contributed by atoms with van der Waals surface area (Å²) < 4.78 is 29.5. The van der Waals surface area contributed by atoms with Crippen molar-refractivity contribution in [2.75, 3.05) is 0 Å². The van der Waals surface area contributed by atoms with Crippen LogP contribution in [0, 0.1) is 25.2 Å². The van der Waals surface area contributed by atoms with Crippen LogP contribution < -0.4 is 4.74 Å². The molecule has 0 unspecified atom stereocenters. The van der Waals surface area contributed by atoms with Crippen LogP contribution in [0.3, 0.4) is 0 Å². The Morgan fingerprint density at radius 1 is 1.36 bits per heavy atom. The van der Waals surface area contributed by atoms with Gasteiger partial charge in [-0.15, -0.1) is 6.92 Å². The van der Waals surface area contributed by atoms with Gasteiger partial charge in [0.2, 0.25) is 5.75 Å². The predicted molar refractivity (Wildman–Crippen MR) is 36.6 cm³/mol. The molecule has 1 aromatic carbocycles. The van der Waals surface area contributed by atoms with Gasteiger partial charge in [0.25, 0.3) is 0 Å². The van der Waals surface area contributed by atoms with Crippen molar-refractivity contribution in [3.05, 3.63) is 43.4 Å². The van der Waals surface area contributed by atoms with Gasteiger partial charge in [-0.25, -0.2) is 8.78 Å². The Labute approximate surface area is 63.6 Å². The Hall–Kier alpha value is -1.25. The maximum absolute atomic E-state index is 12.6. The SMILES string of the molecule is [CH2-][CH+]Oc1ccc(F)cc1F. The van der Waals surface area contributed by atoms with Gasteiger partial charge in [-0.3, -0.25) is 0 Å². The first-order valence-corrected chi connectivity index (χ1v) is 2.96. The van der Waals surface area contributed by atoms with Crippen molar-refractivity contribution in [1.29, 1.82) is 0 Å². The predicted octanol–water partition coefficient (Wildman–Crippen LogP) is 2.34. The highest BCUT2D eigenvalue weighted by Gasteiger charge is 2.05. The summed E-state index contributed by atoms with van der Waals surface area (Å²) in [5.41, 5.74) is 0.